The predicted molar refractivity (Wildman–Crippen MR) is 65.4 cm³/mol. The van der Waals surface area contributed by atoms with Crippen LogP contribution in [0.1, 0.15) is 0 Å². The van der Waals surface area contributed by atoms with E-state index in [0.29, 0.717) is 13.2 Å². The third kappa shape index (κ3) is 9.73. The molecule has 0 aliphatic carbocycles. The number of ether oxygens (including phenoxy) is 4. The van der Waals surface area contributed by atoms with Crippen molar-refractivity contribution in [2.75, 3.05) is 46.8 Å². The minimum atomic E-state index is -3.80. The van der Waals surface area contributed by atoms with Gasteiger partial charge in [0.1, 0.15) is 0 Å². The van der Waals surface area contributed by atoms with Crippen molar-refractivity contribution < 1.29 is 32.9 Å². The molecule has 0 amide bonds. The van der Waals surface area contributed by atoms with E-state index < -0.39 is 14.1 Å². The van der Waals surface area contributed by atoms with E-state index in [1.807, 2.05) is 0 Å². The molecule has 7 nitrogen and oxygen atoms in total. The van der Waals surface area contributed by atoms with E-state index >= 15 is 0 Å². The first-order valence-electron chi connectivity index (χ1n) is 5.38. The maximum absolute atomic E-state index is 11.5. The highest BCUT2D eigenvalue weighted by atomic mass is 31.2. The van der Waals surface area contributed by atoms with Crippen molar-refractivity contribution in [3.05, 3.63) is 12.7 Å². The number of rotatable bonds is 12. The van der Waals surface area contributed by atoms with Crippen molar-refractivity contribution in [1.82, 2.24) is 0 Å². The molecule has 0 aromatic carbocycles. The maximum Gasteiger partial charge on any atom is 0.335 e. The second-order valence-electron chi connectivity index (χ2n) is 3.23. The van der Waals surface area contributed by atoms with Gasteiger partial charge in [-0.3, -0.25) is 9.09 Å². The van der Waals surface area contributed by atoms with E-state index in [0.717, 1.165) is 0 Å². The number of methoxy groups -OCH3 is 2. The van der Waals surface area contributed by atoms with E-state index in [-0.39, 0.29) is 19.4 Å². The van der Waals surface area contributed by atoms with Gasteiger partial charge in [-0.1, -0.05) is 6.08 Å². The van der Waals surface area contributed by atoms with Crippen molar-refractivity contribution in [1.29, 1.82) is 0 Å². The van der Waals surface area contributed by atoms with Gasteiger partial charge >= 0.3 is 7.60 Å². The summed E-state index contributed by atoms with van der Waals surface area (Å²) in [6, 6.07) is 0. The second kappa shape index (κ2) is 10.6. The van der Waals surface area contributed by atoms with Crippen LogP contribution in [0.4, 0.5) is 0 Å². The zero-order valence-corrected chi connectivity index (χ0v) is 11.6. The molecule has 0 saturated heterocycles. The highest BCUT2D eigenvalue weighted by molar-refractivity contribution is 7.53. The minimum absolute atomic E-state index is 0.176. The quantitative estimate of drug-likeness (QED) is 0.247. The maximum atomic E-state index is 11.5. The molecule has 108 valence electrons. The zero-order valence-electron chi connectivity index (χ0n) is 10.7. The van der Waals surface area contributed by atoms with Crippen LogP contribution >= 0.6 is 7.60 Å². The van der Waals surface area contributed by atoms with Crippen LogP contribution in [0, 0.1) is 0 Å². The smallest absolute Gasteiger partial charge is 0.335 e. The van der Waals surface area contributed by atoms with Gasteiger partial charge in [0.2, 0.25) is 0 Å². The fraction of sp³-hybridized carbons (Fsp3) is 0.800. The average Bonchev–Trinajstić information content (AvgIpc) is 2.28. The zero-order chi connectivity index (χ0) is 13.9. The van der Waals surface area contributed by atoms with Crippen LogP contribution in [0.15, 0.2) is 12.7 Å². The fourth-order valence-corrected chi connectivity index (χ4v) is 1.71. The van der Waals surface area contributed by atoms with E-state index in [1.165, 1.54) is 20.3 Å². The second-order valence-corrected chi connectivity index (χ2v) is 5.08. The van der Waals surface area contributed by atoms with Crippen molar-refractivity contribution in [2.45, 2.75) is 6.48 Å². The normalized spacial score (nSPS) is 14.7. The first kappa shape index (κ1) is 17.7. The van der Waals surface area contributed by atoms with Crippen LogP contribution in [0.2, 0.25) is 0 Å². The molecule has 18 heavy (non-hydrogen) atoms. The molecule has 0 fully saturated rings. The molecule has 0 spiro atoms. The molecule has 0 aliphatic rings. The third-order valence-electron chi connectivity index (χ3n) is 1.69. The predicted octanol–water partition coefficient (Wildman–Crippen LogP) is 0.984. The Morgan fingerprint density at radius 2 is 1.67 bits per heavy atom. The summed E-state index contributed by atoms with van der Waals surface area (Å²) in [6.07, 6.45) is 1.12. The molecular weight excluding hydrogens is 263 g/mol. The molecule has 0 radical (unpaired) electrons. The van der Waals surface area contributed by atoms with Crippen LogP contribution in [-0.2, 0) is 28.0 Å². The number of allylic oxidation sites excluding steroid dienone is 1. The molecule has 0 aromatic heterocycles. The molecule has 0 aliphatic heterocycles. The molecule has 0 aromatic rings. The highest BCUT2D eigenvalue weighted by Crippen LogP contribution is 2.43. The van der Waals surface area contributed by atoms with E-state index in [2.05, 4.69) is 6.58 Å². The third-order valence-corrected chi connectivity index (χ3v) is 2.91. The van der Waals surface area contributed by atoms with Gasteiger partial charge in [0, 0.05) is 14.2 Å². The summed E-state index contributed by atoms with van der Waals surface area (Å²) >= 11 is 0. The van der Waals surface area contributed by atoms with Crippen molar-refractivity contribution >= 4 is 7.60 Å². The van der Waals surface area contributed by atoms with Gasteiger partial charge in [0.15, 0.2) is 0 Å². The largest absolute Gasteiger partial charge is 0.382 e. The Morgan fingerprint density at radius 1 is 1.17 bits per heavy atom. The van der Waals surface area contributed by atoms with Crippen molar-refractivity contribution in [3.8, 4) is 0 Å². The van der Waals surface area contributed by atoms with Gasteiger partial charge < -0.3 is 23.8 Å². The van der Waals surface area contributed by atoms with Crippen LogP contribution in [0.3, 0.4) is 0 Å². The van der Waals surface area contributed by atoms with Crippen molar-refractivity contribution in [3.63, 3.8) is 0 Å². The summed E-state index contributed by atoms with van der Waals surface area (Å²) in [5, 5.41) is 0. The Balaban J connectivity index is 4.17. The fourth-order valence-electron chi connectivity index (χ4n) is 0.905. The Kier molecular flexibility index (Phi) is 10.5. The molecule has 1 atom stereocenters. The first-order valence-corrected chi connectivity index (χ1v) is 7.14. The lowest BCUT2D eigenvalue weighted by Gasteiger charge is -2.20. The molecule has 0 rings (SSSR count). The Morgan fingerprint density at radius 3 is 2.06 bits per heavy atom. The lowest BCUT2D eigenvalue weighted by Crippen LogP contribution is -2.24. The molecule has 8 heteroatoms. The molecular formula is C10H21O7P. The monoisotopic (exact) mass is 284 g/mol. The lowest BCUT2D eigenvalue weighted by atomic mass is 10.8. The number of hydrogen-bond donors (Lipinski definition) is 1. The molecule has 0 bridgehead atoms. The van der Waals surface area contributed by atoms with Gasteiger partial charge in [-0.15, -0.1) is 6.58 Å². The highest BCUT2D eigenvalue weighted by Gasteiger charge is 2.24. The van der Waals surface area contributed by atoms with Gasteiger partial charge in [0.25, 0.3) is 6.48 Å². The molecule has 1 unspecified atom stereocenters. The summed E-state index contributed by atoms with van der Waals surface area (Å²) < 4.78 is 36.2. The van der Waals surface area contributed by atoms with Crippen molar-refractivity contribution in [2.24, 2.45) is 0 Å². The summed E-state index contributed by atoms with van der Waals surface area (Å²) in [5.74, 6) is 0. The summed E-state index contributed by atoms with van der Waals surface area (Å²) in [7, 11) is -0.769. The first-order chi connectivity index (χ1) is 8.55. The van der Waals surface area contributed by atoms with Crippen LogP contribution in [0.5, 0.6) is 0 Å². The van der Waals surface area contributed by atoms with Crippen LogP contribution < -0.4 is 0 Å². The van der Waals surface area contributed by atoms with E-state index in [1.54, 1.807) is 0 Å². The molecule has 1 N–H and O–H groups in total. The standard InChI is InChI=1S/C10H21O7P/c1-4-9-18(11,12)17-10(15-7-5-13-2)16-8-6-14-3/h4,10H,1,5-9H2,2-3H3,(H,11,12). The van der Waals surface area contributed by atoms with Gasteiger partial charge in [-0.05, 0) is 0 Å². The SMILES string of the molecule is C=CCP(=O)(O)OC(OCCOC)OCCOC. The minimum Gasteiger partial charge on any atom is -0.382 e. The lowest BCUT2D eigenvalue weighted by molar-refractivity contribution is -0.255. The van der Waals surface area contributed by atoms with Gasteiger partial charge in [-0.25, -0.2) is 0 Å². The topological polar surface area (TPSA) is 83.5 Å². The van der Waals surface area contributed by atoms with Gasteiger partial charge in [-0.2, -0.15) is 0 Å². The Bertz CT molecular complexity index is 249. The summed E-state index contributed by atoms with van der Waals surface area (Å²) in [4.78, 5) is 9.44. The number of hydrogen-bond acceptors (Lipinski definition) is 6. The average molecular weight is 284 g/mol. The van der Waals surface area contributed by atoms with Crippen LogP contribution in [-0.4, -0.2) is 58.2 Å². The van der Waals surface area contributed by atoms with Crippen LogP contribution in [0.25, 0.3) is 0 Å². The molecule has 0 saturated carbocycles. The van der Waals surface area contributed by atoms with E-state index in [4.69, 9.17) is 23.5 Å². The Hall–Kier alpha value is -0.270. The summed E-state index contributed by atoms with van der Waals surface area (Å²) in [5.41, 5.74) is 0. The van der Waals surface area contributed by atoms with Gasteiger partial charge in [0.05, 0.1) is 32.6 Å². The Labute approximate surface area is 107 Å². The molecule has 0 heterocycles. The van der Waals surface area contributed by atoms with E-state index in [9.17, 15) is 9.46 Å². The summed E-state index contributed by atoms with van der Waals surface area (Å²) in [6.45, 7) is 3.15.